The van der Waals surface area contributed by atoms with Gasteiger partial charge >= 0.3 is 0 Å². The summed E-state index contributed by atoms with van der Waals surface area (Å²) in [4.78, 5) is 0. The second-order valence-corrected chi connectivity index (χ2v) is 6.51. The maximum Gasteiger partial charge on any atom is 0.122 e. The van der Waals surface area contributed by atoms with Crippen molar-refractivity contribution in [2.24, 2.45) is 22.9 Å². The number of benzene rings is 2. The Morgan fingerprint density at radius 3 is 1.23 bits per heavy atom. The fourth-order valence-corrected chi connectivity index (χ4v) is 3.29. The van der Waals surface area contributed by atoms with Gasteiger partial charge in [0.25, 0.3) is 0 Å². The molecule has 0 spiro atoms. The van der Waals surface area contributed by atoms with E-state index < -0.39 is 0 Å². The fourth-order valence-electron chi connectivity index (χ4n) is 3.29. The Morgan fingerprint density at radius 1 is 0.577 bits per heavy atom. The zero-order chi connectivity index (χ0) is 19.1. The summed E-state index contributed by atoms with van der Waals surface area (Å²) >= 11 is 0. The first-order valence-electron chi connectivity index (χ1n) is 9.12. The Labute approximate surface area is 155 Å². The molecule has 0 saturated heterocycles. The largest absolute Gasteiger partial charge is 0.507 e. The van der Waals surface area contributed by atoms with Gasteiger partial charge in [-0.05, 0) is 110 Å². The Hall–Kier alpha value is -2.12. The monoisotopic (exact) mass is 357 g/mol. The highest BCUT2D eigenvalue weighted by molar-refractivity contribution is 5.73. The predicted molar refractivity (Wildman–Crippen MR) is 109 cm³/mol. The van der Waals surface area contributed by atoms with Crippen LogP contribution in [0, 0.1) is 0 Å². The highest BCUT2D eigenvalue weighted by Crippen LogP contribution is 2.33. The van der Waals surface area contributed by atoms with Crippen LogP contribution in [0.15, 0.2) is 24.3 Å². The number of aromatic hydroxyl groups is 1. The third-order valence-electron chi connectivity index (χ3n) is 4.61. The number of phenolic OH excluding ortho intramolecular Hbond substituents is 1. The Kier molecular flexibility index (Phi) is 7.41. The van der Waals surface area contributed by atoms with E-state index in [0.29, 0.717) is 57.6 Å². The van der Waals surface area contributed by atoms with E-state index >= 15 is 0 Å². The van der Waals surface area contributed by atoms with E-state index in [4.69, 9.17) is 28.7 Å². The highest BCUT2D eigenvalue weighted by Gasteiger charge is 2.13. The molecular formula is C20H31N5O. The molecule has 26 heavy (non-hydrogen) atoms. The fraction of sp³-hybridized carbons (Fsp3) is 0.400. The molecule has 2 rings (SSSR count). The smallest absolute Gasteiger partial charge is 0.122 e. The summed E-state index contributed by atoms with van der Waals surface area (Å²) in [6, 6.07) is 8.14. The Morgan fingerprint density at radius 2 is 0.885 bits per heavy atom. The quantitative estimate of drug-likeness (QED) is 0.363. The van der Waals surface area contributed by atoms with Crippen molar-refractivity contribution in [3.63, 3.8) is 0 Å². The third kappa shape index (κ3) is 4.53. The topological polar surface area (TPSA) is 150 Å². The van der Waals surface area contributed by atoms with Crippen LogP contribution in [0.4, 0.5) is 5.69 Å². The number of nitrogen functional groups attached to an aromatic ring is 1. The third-order valence-corrected chi connectivity index (χ3v) is 4.61. The van der Waals surface area contributed by atoms with Crippen LogP contribution in [0.3, 0.4) is 0 Å². The number of rotatable bonds is 9. The number of hydrogen-bond donors (Lipinski definition) is 6. The van der Waals surface area contributed by atoms with E-state index in [1.54, 1.807) is 0 Å². The van der Waals surface area contributed by atoms with Crippen molar-refractivity contribution in [1.29, 1.82) is 0 Å². The maximum absolute atomic E-state index is 10.5. The van der Waals surface area contributed by atoms with Crippen molar-refractivity contribution in [3.05, 3.63) is 46.5 Å². The van der Waals surface area contributed by atoms with E-state index in [1.165, 1.54) is 0 Å². The van der Waals surface area contributed by atoms with Gasteiger partial charge in [0, 0.05) is 5.69 Å². The van der Waals surface area contributed by atoms with Crippen LogP contribution in [-0.4, -0.2) is 31.3 Å². The minimum absolute atomic E-state index is 0.296. The van der Waals surface area contributed by atoms with Crippen LogP contribution in [0.2, 0.25) is 0 Å². The molecule has 142 valence electrons. The minimum atomic E-state index is 0.296. The lowest BCUT2D eigenvalue weighted by molar-refractivity contribution is 0.461. The lowest BCUT2D eigenvalue weighted by atomic mass is 9.91. The minimum Gasteiger partial charge on any atom is -0.507 e. The summed E-state index contributed by atoms with van der Waals surface area (Å²) in [6.07, 6.45) is 2.64. The molecule has 0 bridgehead atoms. The summed E-state index contributed by atoms with van der Waals surface area (Å²) in [5, 5.41) is 10.5. The van der Waals surface area contributed by atoms with Crippen molar-refractivity contribution >= 4 is 5.69 Å². The first kappa shape index (κ1) is 20.2. The Bertz CT molecular complexity index is 627. The normalized spacial score (nSPS) is 11.1. The summed E-state index contributed by atoms with van der Waals surface area (Å²) in [5.41, 5.74) is 35.8. The first-order valence-corrected chi connectivity index (χ1v) is 9.12. The average Bonchev–Trinajstić information content (AvgIpc) is 2.62. The summed E-state index contributed by atoms with van der Waals surface area (Å²) < 4.78 is 0. The highest BCUT2D eigenvalue weighted by atomic mass is 16.3. The molecule has 0 heterocycles. The molecule has 2 aromatic carbocycles. The van der Waals surface area contributed by atoms with Crippen molar-refractivity contribution in [3.8, 4) is 16.9 Å². The molecule has 0 fully saturated rings. The van der Waals surface area contributed by atoms with Crippen LogP contribution in [0.1, 0.15) is 22.3 Å². The molecular weight excluding hydrogens is 326 g/mol. The summed E-state index contributed by atoms with van der Waals surface area (Å²) in [5.74, 6) is 0.296. The van der Waals surface area contributed by atoms with Gasteiger partial charge in [-0.2, -0.15) is 0 Å². The van der Waals surface area contributed by atoms with Gasteiger partial charge < -0.3 is 33.8 Å². The van der Waals surface area contributed by atoms with Gasteiger partial charge in [-0.15, -0.1) is 0 Å². The Balaban J connectivity index is 2.61. The van der Waals surface area contributed by atoms with Gasteiger partial charge in [-0.3, -0.25) is 0 Å². The second-order valence-electron chi connectivity index (χ2n) is 6.51. The van der Waals surface area contributed by atoms with Crippen LogP contribution in [0.5, 0.6) is 5.75 Å². The predicted octanol–water partition coefficient (Wildman–Crippen LogP) is 0.646. The molecule has 0 aliphatic heterocycles. The lowest BCUT2D eigenvalue weighted by Gasteiger charge is -2.16. The molecule has 0 atom stereocenters. The molecule has 0 radical (unpaired) electrons. The van der Waals surface area contributed by atoms with Crippen molar-refractivity contribution in [2.45, 2.75) is 25.7 Å². The maximum atomic E-state index is 10.5. The van der Waals surface area contributed by atoms with Crippen LogP contribution in [0.25, 0.3) is 11.1 Å². The van der Waals surface area contributed by atoms with E-state index in [0.717, 1.165) is 39.1 Å². The first-order chi connectivity index (χ1) is 12.5. The van der Waals surface area contributed by atoms with E-state index in [2.05, 4.69) is 12.1 Å². The SMILES string of the molecule is NCCc1cc(-c2cc(CCN)c(O)c(CCN)c2)cc(CCN)c1N. The number of phenols is 1. The van der Waals surface area contributed by atoms with E-state index in [-0.39, 0.29) is 0 Å². The van der Waals surface area contributed by atoms with Gasteiger partial charge in [0.1, 0.15) is 5.75 Å². The zero-order valence-electron chi connectivity index (χ0n) is 15.3. The zero-order valence-corrected chi connectivity index (χ0v) is 15.3. The summed E-state index contributed by atoms with van der Waals surface area (Å²) in [6.45, 7) is 2.00. The molecule has 0 aliphatic carbocycles. The summed E-state index contributed by atoms with van der Waals surface area (Å²) in [7, 11) is 0. The molecule has 11 N–H and O–H groups in total. The molecule has 0 saturated carbocycles. The lowest BCUT2D eigenvalue weighted by Crippen LogP contribution is -2.11. The van der Waals surface area contributed by atoms with Crippen LogP contribution in [-0.2, 0) is 25.7 Å². The van der Waals surface area contributed by atoms with E-state index in [1.807, 2.05) is 12.1 Å². The van der Waals surface area contributed by atoms with Crippen LogP contribution < -0.4 is 28.7 Å². The number of nitrogens with two attached hydrogens (primary N) is 5. The molecule has 0 aliphatic rings. The van der Waals surface area contributed by atoms with Gasteiger partial charge in [-0.25, -0.2) is 0 Å². The molecule has 0 amide bonds. The molecule has 6 heteroatoms. The van der Waals surface area contributed by atoms with Crippen molar-refractivity contribution < 1.29 is 5.11 Å². The van der Waals surface area contributed by atoms with Crippen molar-refractivity contribution in [2.75, 3.05) is 31.9 Å². The standard InChI is InChI=1S/C20H31N5O/c21-5-1-13-9-17(10-14(2-6-22)19(13)25)18-11-15(3-7-23)20(26)16(12-18)4-8-24/h9-12,26H,1-8,21-25H2. The molecule has 0 unspecified atom stereocenters. The number of hydrogen-bond acceptors (Lipinski definition) is 6. The van der Waals surface area contributed by atoms with Gasteiger partial charge in [-0.1, -0.05) is 0 Å². The van der Waals surface area contributed by atoms with Crippen LogP contribution >= 0.6 is 0 Å². The number of anilines is 1. The van der Waals surface area contributed by atoms with Gasteiger partial charge in [0.05, 0.1) is 0 Å². The second kappa shape index (κ2) is 9.54. The van der Waals surface area contributed by atoms with E-state index in [9.17, 15) is 5.11 Å². The average molecular weight is 358 g/mol. The van der Waals surface area contributed by atoms with Gasteiger partial charge in [0.15, 0.2) is 0 Å². The molecule has 2 aromatic rings. The van der Waals surface area contributed by atoms with Gasteiger partial charge in [0.2, 0.25) is 0 Å². The molecule has 0 aromatic heterocycles. The molecule has 6 nitrogen and oxygen atoms in total. The van der Waals surface area contributed by atoms with Crippen molar-refractivity contribution in [1.82, 2.24) is 0 Å².